The molecule has 0 amide bonds. The third-order valence-electron chi connectivity index (χ3n) is 1.65. The highest BCUT2D eigenvalue weighted by Gasteiger charge is 2.24. The van der Waals surface area contributed by atoms with Crippen LogP contribution in [-0.2, 0) is 9.53 Å². The first-order chi connectivity index (χ1) is 4.20. The van der Waals surface area contributed by atoms with Gasteiger partial charge >= 0.3 is 0 Å². The van der Waals surface area contributed by atoms with Crippen molar-refractivity contribution in [2.45, 2.75) is 26.4 Å². The van der Waals surface area contributed by atoms with Crippen molar-refractivity contribution >= 4 is 5.78 Å². The Kier molecular flexibility index (Phi) is 1.86. The zero-order chi connectivity index (χ0) is 6.85. The van der Waals surface area contributed by atoms with Gasteiger partial charge in [-0.15, -0.1) is 0 Å². The molecule has 2 nitrogen and oxygen atoms in total. The van der Waals surface area contributed by atoms with Gasteiger partial charge in [-0.3, -0.25) is 4.79 Å². The van der Waals surface area contributed by atoms with E-state index < -0.39 is 0 Å². The monoisotopic (exact) mass is 128 g/mol. The highest BCUT2D eigenvalue weighted by Crippen LogP contribution is 2.18. The van der Waals surface area contributed by atoms with Crippen LogP contribution in [0.5, 0.6) is 0 Å². The fourth-order valence-electron chi connectivity index (χ4n) is 1.07. The van der Waals surface area contributed by atoms with Crippen LogP contribution >= 0.6 is 0 Å². The molecule has 0 aliphatic carbocycles. The van der Waals surface area contributed by atoms with Gasteiger partial charge in [0.05, 0.1) is 6.61 Å². The lowest BCUT2D eigenvalue weighted by atomic mass is 10.1. The lowest BCUT2D eigenvalue weighted by Crippen LogP contribution is -2.15. The van der Waals surface area contributed by atoms with Crippen LogP contribution < -0.4 is 0 Å². The van der Waals surface area contributed by atoms with E-state index in [9.17, 15) is 4.79 Å². The van der Waals surface area contributed by atoms with E-state index in [1.165, 1.54) is 0 Å². The summed E-state index contributed by atoms with van der Waals surface area (Å²) in [6.07, 6.45) is 0.815. The highest BCUT2D eigenvalue weighted by atomic mass is 16.5. The van der Waals surface area contributed by atoms with Crippen LogP contribution in [0.2, 0.25) is 0 Å². The van der Waals surface area contributed by atoms with Gasteiger partial charge in [-0.25, -0.2) is 0 Å². The Balaban J connectivity index is 2.39. The van der Waals surface area contributed by atoms with E-state index in [4.69, 9.17) is 4.74 Å². The number of ether oxygens (including phenoxy) is 1. The molecule has 0 radical (unpaired) electrons. The first-order valence-corrected chi connectivity index (χ1v) is 3.32. The topological polar surface area (TPSA) is 26.3 Å². The van der Waals surface area contributed by atoms with Gasteiger partial charge in [0.2, 0.25) is 0 Å². The molecule has 0 aromatic rings. The quantitative estimate of drug-likeness (QED) is 0.526. The zero-order valence-electron chi connectivity index (χ0n) is 5.89. The van der Waals surface area contributed by atoms with E-state index >= 15 is 0 Å². The van der Waals surface area contributed by atoms with Crippen LogP contribution in [0.25, 0.3) is 0 Å². The number of hydrogen-bond donors (Lipinski definition) is 0. The van der Waals surface area contributed by atoms with Crippen LogP contribution in [-0.4, -0.2) is 18.5 Å². The van der Waals surface area contributed by atoms with Crippen LogP contribution in [0.15, 0.2) is 0 Å². The molecule has 1 rings (SSSR count). The minimum absolute atomic E-state index is 0.0972. The largest absolute Gasteiger partial charge is 0.370 e. The SMILES string of the molecule is CC(=O)[C@H]1C[C@@H](C)CO1. The van der Waals surface area contributed by atoms with E-state index in [0.717, 1.165) is 13.0 Å². The summed E-state index contributed by atoms with van der Waals surface area (Å²) in [4.78, 5) is 10.7. The minimum Gasteiger partial charge on any atom is -0.370 e. The molecule has 52 valence electrons. The van der Waals surface area contributed by atoms with Crippen LogP contribution in [0, 0.1) is 5.92 Å². The van der Waals surface area contributed by atoms with E-state index in [1.54, 1.807) is 6.92 Å². The lowest BCUT2D eigenvalue weighted by molar-refractivity contribution is -0.125. The number of ketones is 1. The summed E-state index contributed by atoms with van der Waals surface area (Å²) in [5.74, 6) is 0.734. The molecule has 0 unspecified atom stereocenters. The van der Waals surface area contributed by atoms with E-state index in [-0.39, 0.29) is 11.9 Å². The molecule has 2 heteroatoms. The molecule has 0 spiro atoms. The van der Waals surface area contributed by atoms with E-state index in [1.807, 2.05) is 0 Å². The average Bonchev–Trinajstić information content (AvgIpc) is 2.14. The second kappa shape index (κ2) is 2.48. The third-order valence-corrected chi connectivity index (χ3v) is 1.65. The van der Waals surface area contributed by atoms with Gasteiger partial charge in [0.15, 0.2) is 5.78 Å². The Morgan fingerprint density at radius 2 is 2.33 bits per heavy atom. The maximum Gasteiger partial charge on any atom is 0.158 e. The molecule has 9 heavy (non-hydrogen) atoms. The summed E-state index contributed by atoms with van der Waals surface area (Å²) < 4.78 is 5.18. The van der Waals surface area contributed by atoms with Gasteiger partial charge in [-0.05, 0) is 19.3 Å². The fourth-order valence-corrected chi connectivity index (χ4v) is 1.07. The molecule has 2 atom stereocenters. The van der Waals surface area contributed by atoms with Gasteiger partial charge in [0.1, 0.15) is 6.10 Å². The molecule has 0 saturated carbocycles. The predicted octanol–water partition coefficient (Wildman–Crippen LogP) is 1.00. The van der Waals surface area contributed by atoms with Crippen molar-refractivity contribution in [3.05, 3.63) is 0 Å². The molecule has 0 bridgehead atoms. The van der Waals surface area contributed by atoms with Gasteiger partial charge in [-0.1, -0.05) is 6.92 Å². The molecule has 1 aliphatic heterocycles. The van der Waals surface area contributed by atoms with Crippen molar-refractivity contribution in [1.82, 2.24) is 0 Å². The standard InChI is InChI=1S/C7H12O2/c1-5-3-7(6(2)8)9-4-5/h5,7H,3-4H2,1-2H3/t5-,7-/m1/s1. The van der Waals surface area contributed by atoms with Gasteiger partial charge in [0.25, 0.3) is 0 Å². The Labute approximate surface area is 55.2 Å². The highest BCUT2D eigenvalue weighted by molar-refractivity contribution is 5.80. The van der Waals surface area contributed by atoms with Crippen molar-refractivity contribution in [3.63, 3.8) is 0 Å². The molecule has 0 N–H and O–H groups in total. The van der Waals surface area contributed by atoms with Crippen LogP contribution in [0.3, 0.4) is 0 Å². The molecule has 1 fully saturated rings. The normalized spacial score (nSPS) is 34.9. The summed E-state index contributed by atoms with van der Waals surface area (Å²) in [5, 5.41) is 0. The summed E-state index contributed by atoms with van der Waals surface area (Å²) >= 11 is 0. The Morgan fingerprint density at radius 3 is 2.56 bits per heavy atom. The molecule has 1 heterocycles. The Morgan fingerprint density at radius 1 is 1.67 bits per heavy atom. The molecule has 1 saturated heterocycles. The van der Waals surface area contributed by atoms with Crippen LogP contribution in [0.1, 0.15) is 20.3 Å². The number of carbonyl (C=O) groups excluding carboxylic acids is 1. The van der Waals surface area contributed by atoms with Crippen molar-refractivity contribution in [3.8, 4) is 0 Å². The zero-order valence-corrected chi connectivity index (χ0v) is 5.89. The van der Waals surface area contributed by atoms with Crippen molar-refractivity contribution in [1.29, 1.82) is 0 Å². The summed E-state index contributed by atoms with van der Waals surface area (Å²) in [5.41, 5.74) is 0. The maximum atomic E-state index is 10.7. The maximum absolute atomic E-state index is 10.7. The second-order valence-electron chi connectivity index (χ2n) is 2.77. The van der Waals surface area contributed by atoms with Gasteiger partial charge in [0, 0.05) is 0 Å². The first kappa shape index (κ1) is 6.75. The Bertz CT molecular complexity index is 120. The van der Waals surface area contributed by atoms with Crippen molar-refractivity contribution in [2.75, 3.05) is 6.61 Å². The molecular formula is C7H12O2. The van der Waals surface area contributed by atoms with Crippen LogP contribution in [0.4, 0.5) is 0 Å². The Hall–Kier alpha value is -0.370. The van der Waals surface area contributed by atoms with E-state index in [0.29, 0.717) is 5.92 Å². The smallest absolute Gasteiger partial charge is 0.158 e. The molecular weight excluding hydrogens is 116 g/mol. The molecule has 0 aromatic carbocycles. The number of rotatable bonds is 1. The molecule has 0 aromatic heterocycles. The number of hydrogen-bond acceptors (Lipinski definition) is 2. The number of carbonyl (C=O) groups is 1. The van der Waals surface area contributed by atoms with Crippen molar-refractivity contribution < 1.29 is 9.53 Å². The summed E-state index contributed by atoms with van der Waals surface area (Å²) in [6, 6.07) is 0. The second-order valence-corrected chi connectivity index (χ2v) is 2.77. The summed E-state index contributed by atoms with van der Waals surface area (Å²) in [7, 11) is 0. The van der Waals surface area contributed by atoms with Gasteiger partial charge in [-0.2, -0.15) is 0 Å². The first-order valence-electron chi connectivity index (χ1n) is 3.32. The molecule has 1 aliphatic rings. The lowest BCUT2D eigenvalue weighted by Gasteiger charge is -2.01. The van der Waals surface area contributed by atoms with Crippen molar-refractivity contribution in [2.24, 2.45) is 5.92 Å². The number of Topliss-reactive ketones (excluding diaryl/α,β-unsaturated/α-hetero) is 1. The van der Waals surface area contributed by atoms with E-state index in [2.05, 4.69) is 6.92 Å². The minimum atomic E-state index is -0.0972. The third kappa shape index (κ3) is 1.52. The average molecular weight is 128 g/mol. The summed E-state index contributed by atoms with van der Waals surface area (Å²) in [6.45, 7) is 4.44. The fraction of sp³-hybridized carbons (Fsp3) is 0.857. The van der Waals surface area contributed by atoms with Gasteiger partial charge < -0.3 is 4.74 Å². The predicted molar refractivity (Wildman–Crippen MR) is 34.2 cm³/mol.